The summed E-state index contributed by atoms with van der Waals surface area (Å²) in [7, 11) is 2.40. The van der Waals surface area contributed by atoms with Gasteiger partial charge in [-0.05, 0) is 75.1 Å². The summed E-state index contributed by atoms with van der Waals surface area (Å²) in [6.45, 7) is 2.70. The Labute approximate surface area is 133 Å². The van der Waals surface area contributed by atoms with Crippen LogP contribution in [0, 0.1) is 5.41 Å². The van der Waals surface area contributed by atoms with Crippen LogP contribution in [-0.2, 0) is 5.41 Å². The van der Waals surface area contributed by atoms with Crippen molar-refractivity contribution in [2.75, 3.05) is 25.0 Å². The van der Waals surface area contributed by atoms with Gasteiger partial charge in [-0.2, -0.15) is 0 Å². The van der Waals surface area contributed by atoms with E-state index in [2.05, 4.69) is 41.1 Å². The fourth-order valence-electron chi connectivity index (χ4n) is 7.98. The number of likely N-dealkylation sites (N-methyl/N-ethyl adjacent to an activating group) is 1. The van der Waals surface area contributed by atoms with E-state index in [1.54, 1.807) is 11.3 Å². The van der Waals surface area contributed by atoms with Crippen LogP contribution in [0.4, 0.5) is 5.69 Å². The predicted molar refractivity (Wildman–Crippen MR) is 89.4 cm³/mol. The fourth-order valence-corrected chi connectivity index (χ4v) is 7.98. The Morgan fingerprint density at radius 2 is 1.77 bits per heavy atom. The van der Waals surface area contributed by atoms with Crippen molar-refractivity contribution in [1.82, 2.24) is 4.90 Å². The minimum absolute atomic E-state index is 0.426. The van der Waals surface area contributed by atoms with Crippen LogP contribution in [0.1, 0.15) is 50.5 Å². The summed E-state index contributed by atoms with van der Waals surface area (Å²) in [5.74, 6) is 0. The van der Waals surface area contributed by atoms with Crippen LogP contribution in [0.2, 0.25) is 0 Å². The van der Waals surface area contributed by atoms with Crippen LogP contribution in [-0.4, -0.2) is 36.6 Å². The first-order chi connectivity index (χ1) is 10.7. The molecule has 3 aliphatic carbocycles. The summed E-state index contributed by atoms with van der Waals surface area (Å²) in [6, 6.07) is 10.2. The van der Waals surface area contributed by atoms with E-state index in [4.69, 9.17) is 0 Å². The van der Waals surface area contributed by atoms with E-state index in [0.717, 1.165) is 6.04 Å². The molecule has 1 aromatic rings. The Bertz CT molecular complexity index is 657. The van der Waals surface area contributed by atoms with Gasteiger partial charge in [0.05, 0.1) is 5.54 Å². The van der Waals surface area contributed by atoms with Gasteiger partial charge in [-0.25, -0.2) is 0 Å². The molecule has 0 amide bonds. The van der Waals surface area contributed by atoms with Gasteiger partial charge in [-0.3, -0.25) is 4.90 Å². The van der Waals surface area contributed by atoms with Crippen molar-refractivity contribution in [3.05, 3.63) is 29.8 Å². The van der Waals surface area contributed by atoms with Crippen molar-refractivity contribution in [2.24, 2.45) is 5.41 Å². The van der Waals surface area contributed by atoms with E-state index < -0.39 is 0 Å². The summed E-state index contributed by atoms with van der Waals surface area (Å²) in [5.41, 5.74) is 4.77. The second-order valence-electron chi connectivity index (χ2n) is 8.73. The van der Waals surface area contributed by atoms with E-state index in [1.165, 1.54) is 58.0 Å². The maximum absolute atomic E-state index is 2.91. The largest absolute Gasteiger partial charge is 0.368 e. The standard InChI is InChI=1S/C20H26N2/c1-21-16-6-3-2-5-15(16)20-12-14-22-13-4-7-18(17(20)22)8-10-19(20,21)11-9-18/h2-3,5-6,17H,4,7-14H2,1H3. The topological polar surface area (TPSA) is 6.48 Å². The van der Waals surface area contributed by atoms with Gasteiger partial charge in [0.2, 0.25) is 0 Å². The molecular weight excluding hydrogens is 268 g/mol. The quantitative estimate of drug-likeness (QED) is 0.722. The number of rotatable bonds is 0. The molecule has 3 saturated carbocycles. The molecule has 3 aliphatic heterocycles. The molecule has 2 unspecified atom stereocenters. The van der Waals surface area contributed by atoms with E-state index in [9.17, 15) is 0 Å². The summed E-state index contributed by atoms with van der Waals surface area (Å²) in [6.07, 6.45) is 10.2. The molecular formula is C20H26N2. The minimum atomic E-state index is 0.426. The van der Waals surface area contributed by atoms with Crippen molar-refractivity contribution in [3.8, 4) is 0 Å². The number of fused-ring (bicyclic) bond motifs is 3. The Morgan fingerprint density at radius 3 is 2.64 bits per heavy atom. The molecule has 3 spiro atoms. The van der Waals surface area contributed by atoms with E-state index in [-0.39, 0.29) is 0 Å². The number of hydrogen-bond acceptors (Lipinski definition) is 2. The third-order valence-corrected chi connectivity index (χ3v) is 8.62. The molecule has 116 valence electrons. The second-order valence-corrected chi connectivity index (χ2v) is 8.73. The minimum Gasteiger partial charge on any atom is -0.368 e. The van der Waals surface area contributed by atoms with Crippen LogP contribution in [0.15, 0.2) is 24.3 Å². The molecule has 0 radical (unpaired) electrons. The smallest absolute Gasteiger partial charge is 0.0512 e. The molecule has 2 atom stereocenters. The molecule has 22 heavy (non-hydrogen) atoms. The van der Waals surface area contributed by atoms with Gasteiger partial charge >= 0.3 is 0 Å². The molecule has 0 N–H and O–H groups in total. The Kier molecular flexibility index (Phi) is 2.01. The number of anilines is 1. The zero-order chi connectivity index (χ0) is 14.6. The van der Waals surface area contributed by atoms with Gasteiger partial charge < -0.3 is 4.90 Å². The molecule has 3 heterocycles. The van der Waals surface area contributed by atoms with Gasteiger partial charge in [0.25, 0.3) is 0 Å². The lowest BCUT2D eigenvalue weighted by Gasteiger charge is -2.68. The summed E-state index contributed by atoms with van der Waals surface area (Å²) >= 11 is 0. The molecule has 2 nitrogen and oxygen atoms in total. The molecule has 7 rings (SSSR count). The monoisotopic (exact) mass is 294 g/mol. The number of piperidine rings is 1. The highest BCUT2D eigenvalue weighted by atomic mass is 15.3. The highest BCUT2D eigenvalue weighted by Crippen LogP contribution is 2.73. The van der Waals surface area contributed by atoms with Crippen molar-refractivity contribution in [3.63, 3.8) is 0 Å². The van der Waals surface area contributed by atoms with Gasteiger partial charge in [-0.1, -0.05) is 18.2 Å². The molecule has 2 heteroatoms. The number of nitrogens with zero attached hydrogens (tertiary/aromatic N) is 2. The van der Waals surface area contributed by atoms with Gasteiger partial charge in [0.15, 0.2) is 0 Å². The van der Waals surface area contributed by atoms with Crippen LogP contribution >= 0.6 is 0 Å². The van der Waals surface area contributed by atoms with E-state index in [0.29, 0.717) is 16.4 Å². The zero-order valence-electron chi connectivity index (χ0n) is 13.6. The lowest BCUT2D eigenvalue weighted by atomic mass is 9.41. The third-order valence-electron chi connectivity index (χ3n) is 8.62. The van der Waals surface area contributed by atoms with Gasteiger partial charge in [-0.15, -0.1) is 0 Å². The Morgan fingerprint density at radius 1 is 0.955 bits per heavy atom. The SMILES string of the molecule is CN1c2ccccc2C23CCN4CCCC5(CCC12CC5)C43. The van der Waals surface area contributed by atoms with Crippen LogP contribution in [0.3, 0.4) is 0 Å². The first kappa shape index (κ1) is 12.4. The molecule has 2 saturated heterocycles. The van der Waals surface area contributed by atoms with Crippen molar-refractivity contribution in [2.45, 2.75) is 61.9 Å². The number of para-hydroxylation sites is 1. The molecule has 2 bridgehead atoms. The van der Waals surface area contributed by atoms with E-state index >= 15 is 0 Å². The molecule has 5 fully saturated rings. The molecule has 1 aromatic carbocycles. The summed E-state index contributed by atoms with van der Waals surface area (Å²) in [4.78, 5) is 5.63. The molecule has 6 aliphatic rings. The Hall–Kier alpha value is -1.02. The lowest BCUT2D eigenvalue weighted by Crippen LogP contribution is -2.74. The zero-order valence-corrected chi connectivity index (χ0v) is 13.6. The fraction of sp³-hybridized carbons (Fsp3) is 0.700. The Balaban J connectivity index is 1.68. The summed E-state index contributed by atoms with van der Waals surface area (Å²) < 4.78 is 0. The first-order valence-electron chi connectivity index (χ1n) is 9.31. The normalized spacial score (nSPS) is 48.2. The average Bonchev–Trinajstić information content (AvgIpc) is 3.07. The van der Waals surface area contributed by atoms with E-state index in [1.807, 2.05) is 0 Å². The lowest BCUT2D eigenvalue weighted by molar-refractivity contribution is -0.105. The molecule has 0 aromatic heterocycles. The number of hydrogen-bond donors (Lipinski definition) is 0. The predicted octanol–water partition coefficient (Wildman–Crippen LogP) is 3.56. The summed E-state index contributed by atoms with van der Waals surface area (Å²) in [5, 5.41) is 0. The third kappa shape index (κ3) is 1.01. The second kappa shape index (κ2) is 3.56. The highest BCUT2D eigenvalue weighted by molar-refractivity contribution is 5.69. The first-order valence-corrected chi connectivity index (χ1v) is 9.31. The maximum Gasteiger partial charge on any atom is 0.0512 e. The van der Waals surface area contributed by atoms with Crippen LogP contribution < -0.4 is 4.90 Å². The maximum atomic E-state index is 2.91. The van der Waals surface area contributed by atoms with Gasteiger partial charge in [0.1, 0.15) is 0 Å². The van der Waals surface area contributed by atoms with Crippen molar-refractivity contribution >= 4 is 5.69 Å². The highest BCUT2D eigenvalue weighted by Gasteiger charge is 2.76. The average molecular weight is 294 g/mol. The van der Waals surface area contributed by atoms with Gasteiger partial charge in [0, 0.05) is 24.2 Å². The van der Waals surface area contributed by atoms with Crippen molar-refractivity contribution in [1.29, 1.82) is 0 Å². The van der Waals surface area contributed by atoms with Crippen LogP contribution in [0.5, 0.6) is 0 Å². The van der Waals surface area contributed by atoms with Crippen LogP contribution in [0.25, 0.3) is 0 Å². The van der Waals surface area contributed by atoms with Crippen molar-refractivity contribution < 1.29 is 0 Å². The number of benzene rings is 1.